The van der Waals surface area contributed by atoms with Gasteiger partial charge in [-0.25, -0.2) is 9.18 Å². The molecule has 1 saturated heterocycles. The van der Waals surface area contributed by atoms with Gasteiger partial charge in [0.05, 0.1) is 6.61 Å². The summed E-state index contributed by atoms with van der Waals surface area (Å²) in [6, 6.07) is 1.05. The summed E-state index contributed by atoms with van der Waals surface area (Å²) < 4.78 is 20.3. The monoisotopic (exact) mass is 274 g/mol. The molecular weight excluding hydrogens is 259 g/mol. The highest BCUT2D eigenvalue weighted by atomic mass is 19.1. The number of H-pyrrole nitrogens is 1. The Hall–Kier alpha value is -1.51. The van der Waals surface area contributed by atoms with E-state index in [1.807, 2.05) is 4.98 Å². The number of hydrogen-bond donors (Lipinski definition) is 3. The standard InChI is InChI=1S/C11H15FN2O5/c1-2-11(5-15)8(17)7(12)9(19-11)14-4-3-6(16)13-10(14)18/h3-4,7-9,15,17H,2,5H2,1H3,(H,13,16,18)/t7?,8-,9+,11+/m0/s1. The summed E-state index contributed by atoms with van der Waals surface area (Å²) in [5, 5.41) is 19.1. The Morgan fingerprint density at radius 3 is 2.74 bits per heavy atom. The molecule has 8 heteroatoms. The van der Waals surface area contributed by atoms with Crippen molar-refractivity contribution in [2.45, 2.75) is 37.4 Å². The van der Waals surface area contributed by atoms with E-state index in [4.69, 9.17) is 4.74 Å². The van der Waals surface area contributed by atoms with Crippen LogP contribution in [0.1, 0.15) is 19.6 Å². The van der Waals surface area contributed by atoms with E-state index in [-0.39, 0.29) is 6.42 Å². The maximum Gasteiger partial charge on any atom is 0.330 e. The number of aromatic amines is 1. The van der Waals surface area contributed by atoms with Crippen LogP contribution in [0.4, 0.5) is 4.39 Å². The minimum atomic E-state index is -1.88. The van der Waals surface area contributed by atoms with Crippen molar-refractivity contribution in [2.24, 2.45) is 0 Å². The molecule has 0 aromatic carbocycles. The van der Waals surface area contributed by atoms with Crippen LogP contribution in [0, 0.1) is 0 Å². The lowest BCUT2D eigenvalue weighted by Crippen LogP contribution is -2.44. The normalized spacial score (nSPS) is 34.6. The van der Waals surface area contributed by atoms with Gasteiger partial charge in [0.25, 0.3) is 5.56 Å². The maximum atomic E-state index is 14.1. The molecule has 1 unspecified atom stereocenters. The second kappa shape index (κ2) is 4.87. The summed E-state index contributed by atoms with van der Waals surface area (Å²) in [5.41, 5.74) is -2.89. The van der Waals surface area contributed by atoms with Gasteiger partial charge in [-0.05, 0) is 6.42 Å². The van der Waals surface area contributed by atoms with Crippen LogP contribution in [0.15, 0.2) is 21.9 Å². The smallest absolute Gasteiger partial charge is 0.330 e. The molecule has 1 aliphatic heterocycles. The highest BCUT2D eigenvalue weighted by Crippen LogP contribution is 2.40. The number of rotatable bonds is 3. The Bertz CT molecular complexity index is 565. The van der Waals surface area contributed by atoms with Gasteiger partial charge in [-0.3, -0.25) is 14.3 Å². The molecule has 2 heterocycles. The second-order valence-electron chi connectivity index (χ2n) is 4.49. The Morgan fingerprint density at radius 1 is 1.58 bits per heavy atom. The van der Waals surface area contributed by atoms with Crippen molar-refractivity contribution in [2.75, 3.05) is 6.61 Å². The van der Waals surface area contributed by atoms with Gasteiger partial charge in [0, 0.05) is 12.3 Å². The molecule has 106 valence electrons. The SMILES string of the molecule is CC[C@]1(CO)O[C@@H](n2ccc(=O)[nH]c2=O)C(F)[C@@H]1O. The summed E-state index contributed by atoms with van der Waals surface area (Å²) >= 11 is 0. The minimum Gasteiger partial charge on any atom is -0.393 e. The van der Waals surface area contributed by atoms with Gasteiger partial charge in [0.1, 0.15) is 11.7 Å². The number of aliphatic hydroxyl groups is 2. The second-order valence-corrected chi connectivity index (χ2v) is 4.49. The van der Waals surface area contributed by atoms with Gasteiger partial charge < -0.3 is 14.9 Å². The Kier molecular flexibility index (Phi) is 3.57. The molecule has 0 radical (unpaired) electrons. The molecule has 0 bridgehead atoms. The van der Waals surface area contributed by atoms with Crippen LogP contribution < -0.4 is 11.2 Å². The fourth-order valence-corrected chi connectivity index (χ4v) is 2.19. The van der Waals surface area contributed by atoms with Crippen LogP contribution in [0.3, 0.4) is 0 Å². The van der Waals surface area contributed by atoms with Crippen molar-refractivity contribution in [3.05, 3.63) is 33.1 Å². The van der Waals surface area contributed by atoms with Gasteiger partial charge in [0.2, 0.25) is 0 Å². The van der Waals surface area contributed by atoms with Gasteiger partial charge in [-0.2, -0.15) is 0 Å². The number of ether oxygens (including phenoxy) is 1. The lowest BCUT2D eigenvalue weighted by molar-refractivity contribution is -0.130. The molecule has 0 saturated carbocycles. The molecule has 2 rings (SSSR count). The summed E-state index contributed by atoms with van der Waals surface area (Å²) in [4.78, 5) is 24.5. The van der Waals surface area contributed by atoms with Crippen molar-refractivity contribution in [3.8, 4) is 0 Å². The number of aliphatic hydroxyl groups excluding tert-OH is 2. The highest BCUT2D eigenvalue weighted by Gasteiger charge is 2.54. The first kappa shape index (κ1) is 13.9. The first-order chi connectivity index (χ1) is 8.95. The van der Waals surface area contributed by atoms with Crippen LogP contribution in [0.25, 0.3) is 0 Å². The first-order valence-corrected chi connectivity index (χ1v) is 5.87. The zero-order valence-electron chi connectivity index (χ0n) is 10.2. The number of nitrogens with one attached hydrogen (secondary N) is 1. The molecular formula is C11H15FN2O5. The Morgan fingerprint density at radius 2 is 2.26 bits per heavy atom. The van der Waals surface area contributed by atoms with Gasteiger partial charge >= 0.3 is 5.69 Å². The number of aromatic nitrogens is 2. The van der Waals surface area contributed by atoms with Crippen LogP contribution in [-0.4, -0.2) is 44.2 Å². The molecule has 4 atom stereocenters. The summed E-state index contributed by atoms with van der Waals surface area (Å²) in [5.74, 6) is 0. The molecule has 1 fully saturated rings. The lowest BCUT2D eigenvalue weighted by atomic mass is 9.94. The summed E-state index contributed by atoms with van der Waals surface area (Å²) in [6.07, 6.45) is -3.54. The summed E-state index contributed by atoms with van der Waals surface area (Å²) in [6.45, 7) is 1.06. The zero-order chi connectivity index (χ0) is 14.2. The van der Waals surface area contributed by atoms with Gasteiger partial charge in [-0.1, -0.05) is 6.92 Å². The summed E-state index contributed by atoms with van der Waals surface area (Å²) in [7, 11) is 0. The third kappa shape index (κ3) is 2.11. The van der Waals surface area contributed by atoms with E-state index in [0.29, 0.717) is 0 Å². The molecule has 19 heavy (non-hydrogen) atoms. The van der Waals surface area contributed by atoms with E-state index < -0.39 is 42.0 Å². The number of nitrogens with zero attached hydrogens (tertiary/aromatic N) is 1. The quantitative estimate of drug-likeness (QED) is 0.649. The van der Waals surface area contributed by atoms with Crippen molar-refractivity contribution in [3.63, 3.8) is 0 Å². The van der Waals surface area contributed by atoms with Crippen LogP contribution >= 0.6 is 0 Å². The van der Waals surface area contributed by atoms with Crippen molar-refractivity contribution in [1.82, 2.24) is 9.55 Å². The topological polar surface area (TPSA) is 105 Å². The number of alkyl halides is 1. The molecule has 1 aliphatic rings. The molecule has 1 aromatic heterocycles. The predicted molar refractivity (Wildman–Crippen MR) is 62.5 cm³/mol. The first-order valence-electron chi connectivity index (χ1n) is 5.87. The van der Waals surface area contributed by atoms with Gasteiger partial charge in [-0.15, -0.1) is 0 Å². The van der Waals surface area contributed by atoms with Crippen molar-refractivity contribution < 1.29 is 19.3 Å². The van der Waals surface area contributed by atoms with Gasteiger partial charge in [0.15, 0.2) is 12.4 Å². The van der Waals surface area contributed by atoms with Crippen LogP contribution in [-0.2, 0) is 4.74 Å². The Balaban J connectivity index is 2.42. The van der Waals surface area contributed by atoms with E-state index in [2.05, 4.69) is 0 Å². The van der Waals surface area contributed by atoms with E-state index in [1.54, 1.807) is 6.92 Å². The third-order valence-electron chi connectivity index (χ3n) is 3.46. The number of halogens is 1. The Labute approximate surface area is 107 Å². The maximum absolute atomic E-state index is 14.1. The van der Waals surface area contributed by atoms with Crippen molar-refractivity contribution >= 4 is 0 Å². The minimum absolute atomic E-state index is 0.180. The predicted octanol–water partition coefficient (Wildman–Crippen LogP) is -1.09. The van der Waals surface area contributed by atoms with Crippen molar-refractivity contribution in [1.29, 1.82) is 0 Å². The lowest BCUT2D eigenvalue weighted by Gasteiger charge is -2.28. The zero-order valence-corrected chi connectivity index (χ0v) is 10.2. The average Bonchev–Trinajstić information content (AvgIpc) is 2.64. The van der Waals surface area contributed by atoms with E-state index in [0.717, 1.165) is 16.8 Å². The molecule has 0 aliphatic carbocycles. The van der Waals surface area contributed by atoms with E-state index >= 15 is 0 Å². The third-order valence-corrected chi connectivity index (χ3v) is 3.46. The van der Waals surface area contributed by atoms with Crippen LogP contribution in [0.2, 0.25) is 0 Å². The fourth-order valence-electron chi connectivity index (χ4n) is 2.19. The molecule has 1 aromatic rings. The number of hydrogen-bond acceptors (Lipinski definition) is 5. The largest absolute Gasteiger partial charge is 0.393 e. The molecule has 7 nitrogen and oxygen atoms in total. The van der Waals surface area contributed by atoms with E-state index in [1.165, 1.54) is 0 Å². The average molecular weight is 274 g/mol. The fraction of sp³-hybridized carbons (Fsp3) is 0.636. The van der Waals surface area contributed by atoms with E-state index in [9.17, 15) is 24.2 Å². The molecule has 0 amide bonds. The van der Waals surface area contributed by atoms with Crippen LogP contribution in [0.5, 0.6) is 0 Å². The highest BCUT2D eigenvalue weighted by molar-refractivity contribution is 5.01. The molecule has 0 spiro atoms. The molecule has 3 N–H and O–H groups in total.